The summed E-state index contributed by atoms with van der Waals surface area (Å²) in [5.41, 5.74) is 1.05. The van der Waals surface area contributed by atoms with E-state index in [1.54, 1.807) is 0 Å². The first-order chi connectivity index (χ1) is 9.06. The van der Waals surface area contributed by atoms with Gasteiger partial charge in [0.25, 0.3) is 0 Å². The molecule has 2 amide bonds. The van der Waals surface area contributed by atoms with E-state index in [-0.39, 0.29) is 12.1 Å². The number of carbonyl (C=O) groups is 1. The SMILES string of the molecule is Cc1cc(C(C)NC(=O)NC2CCCCC2)c(C)o1. The van der Waals surface area contributed by atoms with Crippen molar-refractivity contribution >= 4 is 6.03 Å². The molecule has 0 spiro atoms. The van der Waals surface area contributed by atoms with Crippen molar-refractivity contribution in [1.82, 2.24) is 10.6 Å². The van der Waals surface area contributed by atoms with E-state index in [1.807, 2.05) is 26.8 Å². The third-order valence-electron chi connectivity index (χ3n) is 3.83. The molecule has 0 saturated heterocycles. The molecular formula is C15H24N2O2. The van der Waals surface area contributed by atoms with Gasteiger partial charge in [0.05, 0.1) is 6.04 Å². The zero-order chi connectivity index (χ0) is 13.8. The van der Waals surface area contributed by atoms with Crippen LogP contribution in [0.25, 0.3) is 0 Å². The maximum absolute atomic E-state index is 12.0. The number of hydrogen-bond donors (Lipinski definition) is 2. The van der Waals surface area contributed by atoms with Crippen LogP contribution in [-0.4, -0.2) is 12.1 Å². The Bertz CT molecular complexity index is 433. The molecule has 1 aliphatic rings. The Morgan fingerprint density at radius 2 is 2.00 bits per heavy atom. The molecule has 2 rings (SSSR count). The zero-order valence-electron chi connectivity index (χ0n) is 12.1. The number of carbonyl (C=O) groups excluding carboxylic acids is 1. The normalized spacial score (nSPS) is 18.1. The molecule has 4 nitrogen and oxygen atoms in total. The molecule has 1 fully saturated rings. The Labute approximate surface area is 114 Å². The lowest BCUT2D eigenvalue weighted by molar-refractivity contribution is 0.229. The number of aryl methyl sites for hydroxylation is 2. The molecule has 0 aliphatic heterocycles. The van der Waals surface area contributed by atoms with Crippen LogP contribution in [0.3, 0.4) is 0 Å². The standard InChI is InChI=1S/C15H24N2O2/c1-10-9-14(12(3)19-10)11(2)16-15(18)17-13-7-5-4-6-8-13/h9,11,13H,4-8H2,1-3H3,(H2,16,17,18). The topological polar surface area (TPSA) is 54.3 Å². The number of urea groups is 1. The van der Waals surface area contributed by atoms with Gasteiger partial charge in [-0.1, -0.05) is 19.3 Å². The van der Waals surface area contributed by atoms with Crippen LogP contribution in [0.1, 0.15) is 62.2 Å². The Morgan fingerprint density at radius 3 is 2.58 bits per heavy atom. The van der Waals surface area contributed by atoms with E-state index in [1.165, 1.54) is 19.3 Å². The lowest BCUT2D eigenvalue weighted by Gasteiger charge is -2.24. The molecule has 1 unspecified atom stereocenters. The van der Waals surface area contributed by atoms with Gasteiger partial charge in [-0.2, -0.15) is 0 Å². The third-order valence-corrected chi connectivity index (χ3v) is 3.83. The molecule has 1 atom stereocenters. The molecule has 19 heavy (non-hydrogen) atoms. The van der Waals surface area contributed by atoms with E-state index in [0.29, 0.717) is 6.04 Å². The van der Waals surface area contributed by atoms with Gasteiger partial charge in [-0.3, -0.25) is 0 Å². The maximum Gasteiger partial charge on any atom is 0.315 e. The van der Waals surface area contributed by atoms with Crippen LogP contribution in [0.2, 0.25) is 0 Å². The molecule has 4 heteroatoms. The van der Waals surface area contributed by atoms with E-state index in [0.717, 1.165) is 29.9 Å². The maximum atomic E-state index is 12.0. The van der Waals surface area contributed by atoms with Crippen LogP contribution in [-0.2, 0) is 0 Å². The largest absolute Gasteiger partial charge is 0.466 e. The molecule has 1 aromatic heterocycles. The van der Waals surface area contributed by atoms with Gasteiger partial charge in [-0.05, 0) is 39.7 Å². The first-order valence-electron chi connectivity index (χ1n) is 7.20. The predicted molar refractivity (Wildman–Crippen MR) is 75.1 cm³/mol. The minimum Gasteiger partial charge on any atom is -0.466 e. The summed E-state index contributed by atoms with van der Waals surface area (Å²) in [5.74, 6) is 1.76. The van der Waals surface area contributed by atoms with Gasteiger partial charge in [-0.25, -0.2) is 4.79 Å². The van der Waals surface area contributed by atoms with Gasteiger partial charge >= 0.3 is 6.03 Å². The average molecular weight is 264 g/mol. The van der Waals surface area contributed by atoms with Crippen molar-refractivity contribution in [3.05, 3.63) is 23.2 Å². The number of nitrogens with one attached hydrogen (secondary N) is 2. The fraction of sp³-hybridized carbons (Fsp3) is 0.667. The first-order valence-corrected chi connectivity index (χ1v) is 7.20. The van der Waals surface area contributed by atoms with Crippen LogP contribution in [0, 0.1) is 13.8 Å². The molecule has 1 aromatic rings. The number of amides is 2. The van der Waals surface area contributed by atoms with Crippen molar-refractivity contribution in [2.45, 2.75) is 65.0 Å². The van der Waals surface area contributed by atoms with E-state index in [9.17, 15) is 4.79 Å². The average Bonchev–Trinajstić information content (AvgIpc) is 2.69. The van der Waals surface area contributed by atoms with Gasteiger partial charge in [0.15, 0.2) is 0 Å². The van der Waals surface area contributed by atoms with Crippen LogP contribution < -0.4 is 10.6 Å². The highest BCUT2D eigenvalue weighted by Gasteiger charge is 2.18. The highest BCUT2D eigenvalue weighted by Crippen LogP contribution is 2.21. The Balaban J connectivity index is 1.86. The fourth-order valence-corrected chi connectivity index (χ4v) is 2.83. The first kappa shape index (κ1) is 14.0. The van der Waals surface area contributed by atoms with Gasteiger partial charge < -0.3 is 15.1 Å². The van der Waals surface area contributed by atoms with Crippen LogP contribution >= 0.6 is 0 Å². The number of hydrogen-bond acceptors (Lipinski definition) is 2. The van der Waals surface area contributed by atoms with Gasteiger partial charge in [-0.15, -0.1) is 0 Å². The summed E-state index contributed by atoms with van der Waals surface area (Å²) in [6, 6.07) is 2.23. The number of furan rings is 1. The second-order valence-electron chi connectivity index (χ2n) is 5.54. The van der Waals surface area contributed by atoms with Crippen molar-refractivity contribution in [2.24, 2.45) is 0 Å². The molecule has 0 radical (unpaired) electrons. The summed E-state index contributed by atoms with van der Waals surface area (Å²) in [6.45, 7) is 5.84. The zero-order valence-corrected chi connectivity index (χ0v) is 12.1. The molecule has 1 aliphatic carbocycles. The Kier molecular flexibility index (Phi) is 4.51. The lowest BCUT2D eigenvalue weighted by Crippen LogP contribution is -2.43. The van der Waals surface area contributed by atoms with Crippen molar-refractivity contribution in [3.8, 4) is 0 Å². The second kappa shape index (κ2) is 6.13. The van der Waals surface area contributed by atoms with Gasteiger partial charge in [0.2, 0.25) is 0 Å². The van der Waals surface area contributed by atoms with Crippen molar-refractivity contribution in [2.75, 3.05) is 0 Å². The summed E-state index contributed by atoms with van der Waals surface area (Å²) in [6.07, 6.45) is 5.95. The van der Waals surface area contributed by atoms with Gasteiger partial charge in [0.1, 0.15) is 11.5 Å². The van der Waals surface area contributed by atoms with Gasteiger partial charge in [0, 0.05) is 11.6 Å². The van der Waals surface area contributed by atoms with Crippen LogP contribution in [0.15, 0.2) is 10.5 Å². The van der Waals surface area contributed by atoms with E-state index in [2.05, 4.69) is 10.6 Å². The van der Waals surface area contributed by atoms with E-state index < -0.39 is 0 Å². The second-order valence-corrected chi connectivity index (χ2v) is 5.54. The summed E-state index contributed by atoms with van der Waals surface area (Å²) >= 11 is 0. The number of rotatable bonds is 3. The highest BCUT2D eigenvalue weighted by molar-refractivity contribution is 5.74. The summed E-state index contributed by atoms with van der Waals surface area (Å²) in [4.78, 5) is 12.0. The minimum absolute atomic E-state index is 0.0268. The Morgan fingerprint density at radius 1 is 1.32 bits per heavy atom. The van der Waals surface area contributed by atoms with E-state index in [4.69, 9.17) is 4.42 Å². The smallest absolute Gasteiger partial charge is 0.315 e. The molecule has 0 aromatic carbocycles. The summed E-state index contributed by atoms with van der Waals surface area (Å²) in [5, 5.41) is 6.05. The molecular weight excluding hydrogens is 240 g/mol. The molecule has 2 N–H and O–H groups in total. The summed E-state index contributed by atoms with van der Waals surface area (Å²) < 4.78 is 5.50. The quantitative estimate of drug-likeness (QED) is 0.876. The lowest BCUT2D eigenvalue weighted by atomic mass is 9.96. The van der Waals surface area contributed by atoms with Crippen LogP contribution in [0.4, 0.5) is 4.79 Å². The van der Waals surface area contributed by atoms with Crippen molar-refractivity contribution < 1.29 is 9.21 Å². The fourth-order valence-electron chi connectivity index (χ4n) is 2.83. The summed E-state index contributed by atoms with van der Waals surface area (Å²) in [7, 11) is 0. The minimum atomic E-state index is -0.0716. The van der Waals surface area contributed by atoms with Crippen molar-refractivity contribution in [1.29, 1.82) is 0 Å². The third kappa shape index (κ3) is 3.75. The molecule has 1 heterocycles. The van der Waals surface area contributed by atoms with Crippen LogP contribution in [0.5, 0.6) is 0 Å². The highest BCUT2D eigenvalue weighted by atomic mass is 16.3. The molecule has 1 saturated carbocycles. The van der Waals surface area contributed by atoms with Crippen molar-refractivity contribution in [3.63, 3.8) is 0 Å². The van der Waals surface area contributed by atoms with E-state index >= 15 is 0 Å². The molecule has 106 valence electrons. The predicted octanol–water partition coefficient (Wildman–Crippen LogP) is 3.59. The Hall–Kier alpha value is -1.45. The molecule has 0 bridgehead atoms. The monoisotopic (exact) mass is 264 g/mol.